The van der Waals surface area contributed by atoms with Gasteiger partial charge in [-0.2, -0.15) is 4.72 Å². The molecule has 5 fully saturated rings. The first-order valence-corrected chi connectivity index (χ1v) is 19.7. The van der Waals surface area contributed by atoms with Crippen LogP contribution in [0.5, 0.6) is 0 Å². The number of aryl methyl sites for hydroxylation is 2. The monoisotopic (exact) mass is 643 g/mol. The van der Waals surface area contributed by atoms with Crippen molar-refractivity contribution in [2.75, 3.05) is 26.2 Å². The van der Waals surface area contributed by atoms with Crippen LogP contribution < -0.4 is 15.4 Å². The van der Waals surface area contributed by atoms with Crippen LogP contribution in [0.3, 0.4) is 0 Å². The molecule has 1 aromatic carbocycles. The molecule has 9 heteroatoms. The van der Waals surface area contributed by atoms with Gasteiger partial charge < -0.3 is 9.64 Å². The fourth-order valence-electron chi connectivity index (χ4n) is 9.56. The second-order valence-electron chi connectivity index (χ2n) is 16.2. The first-order chi connectivity index (χ1) is 21.4. The van der Waals surface area contributed by atoms with E-state index in [0.717, 1.165) is 45.1 Å². The molecule has 3 saturated heterocycles. The van der Waals surface area contributed by atoms with E-state index >= 15 is 0 Å². The largest absolute Gasteiger partial charge is 0.362 e. The fourth-order valence-corrected chi connectivity index (χ4v) is 11.2. The number of ether oxygens (including phenoxy) is 1. The van der Waals surface area contributed by atoms with Gasteiger partial charge in [-0.1, -0.05) is 38.5 Å². The van der Waals surface area contributed by atoms with Crippen LogP contribution in [0, 0.1) is 31.1 Å². The maximum Gasteiger partial charge on any atom is 0.216 e. The molecular weight excluding hydrogens is 582 g/mol. The highest BCUT2D eigenvalue weighted by atomic mass is 32.2. The van der Waals surface area contributed by atoms with Crippen molar-refractivity contribution in [3.8, 4) is 0 Å². The van der Waals surface area contributed by atoms with Crippen LogP contribution in [0.15, 0.2) is 18.2 Å². The predicted octanol–water partition coefficient (Wildman–Crippen LogP) is 5.42. The summed E-state index contributed by atoms with van der Waals surface area (Å²) in [6, 6.07) is 7.94. The van der Waals surface area contributed by atoms with Crippen molar-refractivity contribution in [2.24, 2.45) is 17.3 Å². The number of hydrogen-bond donors (Lipinski definition) is 3. The predicted molar refractivity (Wildman–Crippen MR) is 182 cm³/mol. The second-order valence-corrected chi connectivity index (χ2v) is 18.2. The zero-order valence-electron chi connectivity index (χ0n) is 28.9. The highest BCUT2D eigenvalue weighted by molar-refractivity contribution is 7.90. The lowest BCUT2D eigenvalue weighted by atomic mass is 9.59. The molecule has 4 bridgehead atoms. The third-order valence-electron chi connectivity index (χ3n) is 12.1. The van der Waals surface area contributed by atoms with Crippen LogP contribution in [0.4, 0.5) is 0 Å². The first-order valence-electron chi connectivity index (χ1n) is 18.1. The smallest absolute Gasteiger partial charge is 0.216 e. The van der Waals surface area contributed by atoms with Crippen molar-refractivity contribution in [1.82, 2.24) is 25.2 Å². The van der Waals surface area contributed by atoms with Crippen LogP contribution in [0.25, 0.3) is 0 Å². The summed E-state index contributed by atoms with van der Waals surface area (Å²) in [5.74, 6) is 0.968. The Morgan fingerprint density at radius 2 is 1.71 bits per heavy atom. The molecule has 45 heavy (non-hydrogen) atoms. The van der Waals surface area contributed by atoms with Crippen molar-refractivity contribution in [3.63, 3.8) is 0 Å². The number of piperidine rings is 1. The zero-order chi connectivity index (χ0) is 31.9. The number of rotatable bonds is 5. The van der Waals surface area contributed by atoms with E-state index in [9.17, 15) is 8.42 Å². The number of benzene rings is 1. The summed E-state index contributed by atoms with van der Waals surface area (Å²) in [5.41, 5.74) is 4.20. The minimum atomic E-state index is -3.52. The average molecular weight is 644 g/mol. The van der Waals surface area contributed by atoms with Crippen molar-refractivity contribution in [2.45, 2.75) is 148 Å². The van der Waals surface area contributed by atoms with E-state index in [-0.39, 0.29) is 17.5 Å². The van der Waals surface area contributed by atoms with Crippen molar-refractivity contribution < 1.29 is 13.2 Å². The Bertz CT molecular complexity index is 1230. The Morgan fingerprint density at radius 3 is 2.38 bits per heavy atom. The molecule has 3 N–H and O–H groups in total. The van der Waals surface area contributed by atoms with E-state index in [0.29, 0.717) is 42.0 Å². The number of fused-ring (bicyclic) bond motifs is 4. The van der Waals surface area contributed by atoms with Gasteiger partial charge in [0.2, 0.25) is 10.0 Å². The summed E-state index contributed by atoms with van der Waals surface area (Å²) in [4.78, 5) is 5.47. The molecule has 0 radical (unpaired) electrons. The van der Waals surface area contributed by atoms with Crippen molar-refractivity contribution in [1.29, 1.82) is 0 Å². The van der Waals surface area contributed by atoms with E-state index in [4.69, 9.17) is 4.74 Å². The Hall–Kier alpha value is -1.07. The molecule has 8 nitrogen and oxygen atoms in total. The number of likely N-dealkylation sites (tertiary alicyclic amines) is 1. The SMILES string of the molecule is Cc1cccc(C)c1C1CC2NC(N1)NS(=O)(=O)C1CCCC(C1)CN(C1CC3(CCN(C(C)C)CC3)C1)[C@H](CC(C)C)CO2. The minimum Gasteiger partial charge on any atom is -0.362 e. The van der Waals surface area contributed by atoms with E-state index < -0.39 is 16.3 Å². The Morgan fingerprint density at radius 1 is 1.00 bits per heavy atom. The lowest BCUT2D eigenvalue weighted by Gasteiger charge is -2.57. The molecule has 3 heterocycles. The lowest BCUT2D eigenvalue weighted by molar-refractivity contribution is -0.0965. The maximum absolute atomic E-state index is 13.9. The summed E-state index contributed by atoms with van der Waals surface area (Å²) in [6.07, 6.45) is 9.84. The fraction of sp³-hybridized carbons (Fsp3) is 0.833. The molecule has 5 unspecified atom stereocenters. The van der Waals surface area contributed by atoms with Gasteiger partial charge in [0.15, 0.2) is 0 Å². The molecule has 2 aliphatic carbocycles. The zero-order valence-corrected chi connectivity index (χ0v) is 29.7. The van der Waals surface area contributed by atoms with E-state index in [2.05, 4.69) is 84.9 Å². The number of hydrogen-bond acceptors (Lipinski definition) is 7. The van der Waals surface area contributed by atoms with Crippen LogP contribution >= 0.6 is 0 Å². The van der Waals surface area contributed by atoms with Gasteiger partial charge in [0.1, 0.15) is 12.5 Å². The summed E-state index contributed by atoms with van der Waals surface area (Å²) in [5, 5.41) is 6.79. The number of nitrogens with zero attached hydrogens (tertiary/aromatic N) is 2. The molecule has 6 rings (SSSR count). The lowest BCUT2D eigenvalue weighted by Crippen LogP contribution is -2.64. The van der Waals surface area contributed by atoms with Gasteiger partial charge in [0.05, 0.1) is 11.9 Å². The van der Waals surface area contributed by atoms with Gasteiger partial charge in [0.25, 0.3) is 0 Å². The summed E-state index contributed by atoms with van der Waals surface area (Å²) in [6.45, 7) is 17.8. The first kappa shape index (κ1) is 33.8. The maximum atomic E-state index is 13.9. The minimum absolute atomic E-state index is 0.00256. The average Bonchev–Trinajstić information content (AvgIpc) is 2.96. The highest BCUT2D eigenvalue weighted by Crippen LogP contribution is 2.52. The standard InChI is InChI=1S/C36H61N5O3S/c1-24(2)17-29-23-44-33-19-32(34-26(5)9-7-10-27(34)6)37-35(38-33)39-45(42,43)31-12-8-11-28(18-31)22-41(29)30-20-36(21-30)13-15-40(16-14-36)25(3)4/h7,9-10,24-25,28-33,35,37-39H,8,11-23H2,1-6H3/t28?,29-,31?,32?,33?,35?/m1/s1. The summed E-state index contributed by atoms with van der Waals surface area (Å²) >= 11 is 0. The third-order valence-corrected chi connectivity index (χ3v) is 14.0. The van der Waals surface area contributed by atoms with Crippen molar-refractivity contribution in [3.05, 3.63) is 34.9 Å². The van der Waals surface area contributed by atoms with Gasteiger partial charge in [-0.15, -0.1) is 0 Å². The molecule has 3 aliphatic heterocycles. The Labute approximate surface area is 273 Å². The number of sulfonamides is 1. The third kappa shape index (κ3) is 7.65. The highest BCUT2D eigenvalue weighted by Gasteiger charge is 2.50. The summed E-state index contributed by atoms with van der Waals surface area (Å²) < 4.78 is 37.7. The van der Waals surface area contributed by atoms with Gasteiger partial charge in [-0.3, -0.25) is 15.5 Å². The Kier molecular flexibility index (Phi) is 10.4. The molecule has 1 spiro atoms. The topological polar surface area (TPSA) is 85.9 Å². The second kappa shape index (κ2) is 13.8. The molecule has 6 atom stereocenters. The van der Waals surface area contributed by atoms with E-state index in [1.807, 2.05) is 0 Å². The molecule has 0 amide bonds. The molecule has 2 saturated carbocycles. The molecule has 254 valence electrons. The van der Waals surface area contributed by atoms with Gasteiger partial charge >= 0.3 is 0 Å². The molecule has 5 aliphatic rings. The van der Waals surface area contributed by atoms with E-state index in [1.54, 1.807) is 0 Å². The molecule has 0 aromatic heterocycles. The van der Waals surface area contributed by atoms with Gasteiger partial charge in [-0.05, 0) is 126 Å². The van der Waals surface area contributed by atoms with Gasteiger partial charge in [-0.25, -0.2) is 8.42 Å². The van der Waals surface area contributed by atoms with Crippen molar-refractivity contribution >= 4 is 10.0 Å². The quantitative estimate of drug-likeness (QED) is 0.396. The normalized spacial score (nSPS) is 35.0. The van der Waals surface area contributed by atoms with Crippen LogP contribution in [0.1, 0.15) is 115 Å². The summed E-state index contributed by atoms with van der Waals surface area (Å²) in [7, 11) is -3.52. The van der Waals surface area contributed by atoms with Gasteiger partial charge in [0, 0.05) is 37.1 Å². The van der Waals surface area contributed by atoms with Crippen LogP contribution in [-0.4, -0.2) is 80.4 Å². The molecule has 1 aromatic rings. The van der Waals surface area contributed by atoms with E-state index in [1.165, 1.54) is 55.5 Å². The Balaban J connectivity index is 1.27. The number of nitrogens with one attached hydrogen (secondary N) is 3. The van der Waals surface area contributed by atoms with Crippen LogP contribution in [-0.2, 0) is 14.8 Å². The molecular formula is C36H61N5O3S. The van der Waals surface area contributed by atoms with Crippen LogP contribution in [0.2, 0.25) is 0 Å².